The third-order valence-corrected chi connectivity index (χ3v) is 6.73. The van der Waals surface area contributed by atoms with Gasteiger partial charge in [0, 0.05) is 23.0 Å². The Balaban J connectivity index is 1.39. The minimum atomic E-state index is -0.0253. The fourth-order valence-corrected chi connectivity index (χ4v) is 4.72. The first kappa shape index (κ1) is 21.6. The molecule has 0 saturated carbocycles. The third kappa shape index (κ3) is 4.91. The summed E-state index contributed by atoms with van der Waals surface area (Å²) in [4.78, 5) is 24.4. The maximum absolute atomic E-state index is 12.6. The highest BCUT2D eigenvalue weighted by Gasteiger charge is 2.21. The fraction of sp³-hybridized carbons (Fsp3) is 0.370. The standard InChI is InChI=1S/C27H31N5O/c1-18-7-9-22(14-19(18)2)29-27-28-17-21-16-25(33)30-24-15-20(8-10-23(24)26(21)31-27)6-5-13-32-11-3-4-12-32/h7-10,14-15,17H,3-6,11-13,16H2,1-2H3,(H,30,33)(H,28,29,31). The number of fused-ring (bicyclic) bond motifs is 3. The monoisotopic (exact) mass is 441 g/mol. The molecular formula is C27H31N5O. The molecule has 0 radical (unpaired) electrons. The number of nitrogens with zero attached hydrogens (tertiary/aromatic N) is 3. The van der Waals surface area contributed by atoms with Crippen LogP contribution >= 0.6 is 0 Å². The number of nitrogens with one attached hydrogen (secondary N) is 2. The van der Waals surface area contributed by atoms with Crippen LogP contribution in [0.5, 0.6) is 0 Å². The zero-order valence-corrected chi connectivity index (χ0v) is 19.4. The van der Waals surface area contributed by atoms with Crippen molar-refractivity contribution in [1.82, 2.24) is 14.9 Å². The fourth-order valence-electron chi connectivity index (χ4n) is 4.72. The molecule has 2 aliphatic rings. The number of carbonyl (C=O) groups is 1. The average Bonchev–Trinajstić information content (AvgIpc) is 3.26. The van der Waals surface area contributed by atoms with Crippen LogP contribution in [0.1, 0.15) is 41.5 Å². The summed E-state index contributed by atoms with van der Waals surface area (Å²) in [5, 5.41) is 6.40. The zero-order valence-electron chi connectivity index (χ0n) is 19.4. The molecule has 0 atom stereocenters. The lowest BCUT2D eigenvalue weighted by atomic mass is 10.0. The molecule has 2 N–H and O–H groups in total. The number of aryl methyl sites for hydroxylation is 3. The maximum atomic E-state index is 12.6. The Kier molecular flexibility index (Phi) is 6.09. The normalized spacial score (nSPS) is 15.5. The molecule has 0 spiro atoms. The second kappa shape index (κ2) is 9.32. The Hall–Kier alpha value is -3.25. The van der Waals surface area contributed by atoms with Gasteiger partial charge in [0.25, 0.3) is 0 Å². The highest BCUT2D eigenvalue weighted by Crippen LogP contribution is 2.34. The lowest BCUT2D eigenvalue weighted by molar-refractivity contribution is -0.115. The van der Waals surface area contributed by atoms with E-state index >= 15 is 0 Å². The molecule has 1 amide bonds. The van der Waals surface area contributed by atoms with Crippen LogP contribution < -0.4 is 10.6 Å². The minimum Gasteiger partial charge on any atom is -0.325 e. The average molecular weight is 442 g/mol. The van der Waals surface area contributed by atoms with E-state index in [4.69, 9.17) is 4.98 Å². The van der Waals surface area contributed by atoms with Gasteiger partial charge in [-0.3, -0.25) is 4.79 Å². The first-order chi connectivity index (χ1) is 16.0. The van der Waals surface area contributed by atoms with E-state index in [1.807, 2.05) is 6.07 Å². The van der Waals surface area contributed by atoms with Crippen LogP contribution in [-0.4, -0.2) is 40.4 Å². The van der Waals surface area contributed by atoms with Gasteiger partial charge in [-0.25, -0.2) is 9.97 Å². The van der Waals surface area contributed by atoms with Crippen molar-refractivity contribution < 1.29 is 4.79 Å². The van der Waals surface area contributed by atoms with E-state index in [1.54, 1.807) is 6.20 Å². The molecule has 6 nitrogen and oxygen atoms in total. The Bertz CT molecular complexity index is 1180. The van der Waals surface area contributed by atoms with E-state index in [0.717, 1.165) is 47.6 Å². The number of hydrogen-bond donors (Lipinski definition) is 2. The molecular weight excluding hydrogens is 410 g/mol. The molecule has 1 fully saturated rings. The summed E-state index contributed by atoms with van der Waals surface area (Å²) in [5.74, 6) is 0.509. The molecule has 2 aliphatic heterocycles. The maximum Gasteiger partial charge on any atom is 0.228 e. The highest BCUT2D eigenvalue weighted by molar-refractivity contribution is 6.00. The summed E-state index contributed by atoms with van der Waals surface area (Å²) in [6, 6.07) is 12.6. The van der Waals surface area contributed by atoms with E-state index < -0.39 is 0 Å². The minimum absolute atomic E-state index is 0.0253. The smallest absolute Gasteiger partial charge is 0.228 e. The number of carbonyl (C=O) groups excluding carboxylic acids is 1. The van der Waals surface area contributed by atoms with Crippen molar-refractivity contribution in [1.29, 1.82) is 0 Å². The molecule has 1 aromatic heterocycles. The molecule has 1 saturated heterocycles. The lowest BCUT2D eigenvalue weighted by Crippen LogP contribution is -2.20. The van der Waals surface area contributed by atoms with Crippen LogP contribution in [0.3, 0.4) is 0 Å². The molecule has 0 unspecified atom stereocenters. The van der Waals surface area contributed by atoms with Gasteiger partial charge in [0.2, 0.25) is 11.9 Å². The van der Waals surface area contributed by atoms with Gasteiger partial charge in [0.1, 0.15) is 0 Å². The summed E-state index contributed by atoms with van der Waals surface area (Å²) in [6.45, 7) is 7.80. The third-order valence-electron chi connectivity index (χ3n) is 6.73. The Morgan fingerprint density at radius 2 is 1.91 bits per heavy atom. The number of aromatic nitrogens is 2. The van der Waals surface area contributed by atoms with E-state index in [2.05, 4.69) is 64.7 Å². The van der Waals surface area contributed by atoms with Crippen molar-refractivity contribution in [3.8, 4) is 11.3 Å². The Morgan fingerprint density at radius 1 is 1.06 bits per heavy atom. The van der Waals surface area contributed by atoms with Gasteiger partial charge in [-0.05, 0) is 94.1 Å². The second-order valence-corrected chi connectivity index (χ2v) is 9.25. The lowest BCUT2D eigenvalue weighted by Gasteiger charge is -2.15. The van der Waals surface area contributed by atoms with Crippen molar-refractivity contribution >= 4 is 23.2 Å². The van der Waals surface area contributed by atoms with E-state index in [9.17, 15) is 4.79 Å². The summed E-state index contributed by atoms with van der Waals surface area (Å²) in [6.07, 6.45) is 6.84. The Morgan fingerprint density at radius 3 is 2.73 bits per heavy atom. The number of hydrogen-bond acceptors (Lipinski definition) is 5. The van der Waals surface area contributed by atoms with Gasteiger partial charge in [-0.2, -0.15) is 0 Å². The predicted molar refractivity (Wildman–Crippen MR) is 133 cm³/mol. The summed E-state index contributed by atoms with van der Waals surface area (Å²) in [5.41, 5.74) is 8.11. The number of anilines is 3. The number of benzene rings is 2. The van der Waals surface area contributed by atoms with Gasteiger partial charge in [0.15, 0.2) is 0 Å². The number of amides is 1. The second-order valence-electron chi connectivity index (χ2n) is 9.25. The molecule has 0 bridgehead atoms. The number of rotatable bonds is 6. The van der Waals surface area contributed by atoms with E-state index in [-0.39, 0.29) is 12.3 Å². The Labute approximate surface area is 195 Å². The number of likely N-dealkylation sites (tertiary alicyclic amines) is 1. The van der Waals surface area contributed by atoms with Gasteiger partial charge in [0.05, 0.1) is 17.8 Å². The molecule has 33 heavy (non-hydrogen) atoms. The first-order valence-corrected chi connectivity index (χ1v) is 11.9. The van der Waals surface area contributed by atoms with Gasteiger partial charge in [-0.1, -0.05) is 18.2 Å². The van der Waals surface area contributed by atoms with Gasteiger partial charge >= 0.3 is 0 Å². The first-order valence-electron chi connectivity index (χ1n) is 11.9. The SMILES string of the molecule is Cc1ccc(Nc2ncc3c(n2)-c2ccc(CCCN4CCCC4)cc2NC(=O)C3)cc1C. The van der Waals surface area contributed by atoms with Crippen molar-refractivity contribution in [3.05, 3.63) is 64.8 Å². The highest BCUT2D eigenvalue weighted by atomic mass is 16.1. The molecule has 3 heterocycles. The van der Waals surface area contributed by atoms with E-state index in [0.29, 0.717) is 5.95 Å². The van der Waals surface area contributed by atoms with Crippen molar-refractivity contribution in [2.24, 2.45) is 0 Å². The predicted octanol–water partition coefficient (Wildman–Crippen LogP) is 5.03. The molecule has 6 heteroatoms. The largest absolute Gasteiger partial charge is 0.325 e. The van der Waals surface area contributed by atoms with Crippen molar-refractivity contribution in [2.75, 3.05) is 30.3 Å². The quantitative estimate of drug-likeness (QED) is 0.562. The summed E-state index contributed by atoms with van der Waals surface area (Å²) in [7, 11) is 0. The topological polar surface area (TPSA) is 70.2 Å². The van der Waals surface area contributed by atoms with Crippen molar-refractivity contribution in [2.45, 2.75) is 46.0 Å². The summed E-state index contributed by atoms with van der Waals surface area (Å²) >= 11 is 0. The van der Waals surface area contributed by atoms with Crippen molar-refractivity contribution in [3.63, 3.8) is 0 Å². The molecule has 3 aromatic rings. The zero-order chi connectivity index (χ0) is 22.8. The van der Waals surface area contributed by atoms with Crippen LogP contribution in [0.4, 0.5) is 17.3 Å². The van der Waals surface area contributed by atoms with Crippen LogP contribution in [-0.2, 0) is 17.6 Å². The van der Waals surface area contributed by atoms with E-state index in [1.165, 1.54) is 42.6 Å². The molecule has 5 rings (SSSR count). The summed E-state index contributed by atoms with van der Waals surface area (Å²) < 4.78 is 0. The molecule has 170 valence electrons. The van der Waals surface area contributed by atoms with Gasteiger partial charge in [-0.15, -0.1) is 0 Å². The van der Waals surface area contributed by atoms with Crippen LogP contribution in [0.2, 0.25) is 0 Å². The van der Waals surface area contributed by atoms with Gasteiger partial charge < -0.3 is 15.5 Å². The molecule has 0 aliphatic carbocycles. The van der Waals surface area contributed by atoms with Crippen LogP contribution in [0.15, 0.2) is 42.6 Å². The molecule has 2 aromatic carbocycles. The van der Waals surface area contributed by atoms with Crippen LogP contribution in [0, 0.1) is 13.8 Å². The van der Waals surface area contributed by atoms with Crippen LogP contribution in [0.25, 0.3) is 11.3 Å².